The maximum atomic E-state index is 13.7. The van der Waals surface area contributed by atoms with E-state index in [1.54, 1.807) is 5.01 Å². The molecule has 2 aliphatic rings. The van der Waals surface area contributed by atoms with E-state index in [2.05, 4.69) is 22.0 Å². The Balaban J connectivity index is 1.59. The minimum atomic E-state index is -0.175. The second-order valence-corrected chi connectivity index (χ2v) is 10.1. The summed E-state index contributed by atoms with van der Waals surface area (Å²) >= 11 is 15.8. The van der Waals surface area contributed by atoms with Crippen molar-refractivity contribution in [3.05, 3.63) is 110 Å². The summed E-state index contributed by atoms with van der Waals surface area (Å²) in [6.07, 6.45) is 5.13. The number of benzene rings is 3. The van der Waals surface area contributed by atoms with E-state index in [0.717, 1.165) is 40.6 Å². The van der Waals surface area contributed by atoms with Gasteiger partial charge in [0.1, 0.15) is 0 Å². The normalized spacial score (nSPS) is 21.1. The Morgan fingerprint density at radius 3 is 2.33 bits per heavy atom. The predicted octanol–water partition coefficient (Wildman–Crippen LogP) is 8.19. The van der Waals surface area contributed by atoms with Crippen LogP contribution < -0.4 is 0 Å². The lowest BCUT2D eigenvalue weighted by molar-refractivity contribution is 0.0680. The Morgan fingerprint density at radius 2 is 1.64 bits per heavy atom. The van der Waals surface area contributed by atoms with Crippen LogP contribution in [0.25, 0.3) is 6.08 Å². The van der Waals surface area contributed by atoms with Crippen molar-refractivity contribution in [1.82, 2.24) is 5.01 Å². The number of halogens is 3. The van der Waals surface area contributed by atoms with Crippen molar-refractivity contribution in [2.45, 2.75) is 25.3 Å². The number of carbonyl (C=O) groups excluding carboxylic acids is 1. The molecule has 33 heavy (non-hydrogen) atoms. The van der Waals surface area contributed by atoms with E-state index >= 15 is 0 Å². The van der Waals surface area contributed by atoms with Gasteiger partial charge in [-0.3, -0.25) is 4.79 Å². The molecule has 0 bridgehead atoms. The highest BCUT2D eigenvalue weighted by molar-refractivity contribution is 9.10. The average Bonchev–Trinajstić information content (AvgIpc) is 3.22. The maximum absolute atomic E-state index is 13.7. The van der Waals surface area contributed by atoms with Crippen molar-refractivity contribution >= 4 is 56.8 Å². The molecule has 6 heteroatoms. The van der Waals surface area contributed by atoms with E-state index in [1.807, 2.05) is 72.8 Å². The Kier molecular flexibility index (Phi) is 6.42. The van der Waals surface area contributed by atoms with Crippen molar-refractivity contribution in [2.75, 3.05) is 0 Å². The number of fused-ring (bicyclic) bond motifs is 1. The van der Waals surface area contributed by atoms with Gasteiger partial charge < -0.3 is 0 Å². The molecule has 3 aromatic rings. The van der Waals surface area contributed by atoms with Crippen LogP contribution in [0.3, 0.4) is 0 Å². The molecule has 0 unspecified atom stereocenters. The zero-order valence-electron chi connectivity index (χ0n) is 17.7. The minimum absolute atomic E-state index is 0.116. The summed E-state index contributed by atoms with van der Waals surface area (Å²) in [5.41, 5.74) is 4.89. The third-order valence-corrected chi connectivity index (χ3v) is 7.43. The SMILES string of the molecule is O=C(c1ccccc1Br)N1N=C2/C(=C\c3ccc(Cl)cc3)CCC[C@@H]2[C@@H]1c1ccc(Cl)cc1. The first-order chi connectivity index (χ1) is 16.0. The van der Waals surface area contributed by atoms with Gasteiger partial charge in [0.25, 0.3) is 5.91 Å². The molecule has 0 saturated heterocycles. The number of hydrogen-bond acceptors (Lipinski definition) is 2. The Hall–Kier alpha value is -2.40. The number of carbonyl (C=O) groups is 1. The van der Waals surface area contributed by atoms with Crippen LogP contribution in [0.15, 0.2) is 87.9 Å². The van der Waals surface area contributed by atoms with Gasteiger partial charge in [-0.25, -0.2) is 5.01 Å². The molecule has 3 nitrogen and oxygen atoms in total. The topological polar surface area (TPSA) is 32.7 Å². The van der Waals surface area contributed by atoms with E-state index in [4.69, 9.17) is 28.3 Å². The zero-order chi connectivity index (χ0) is 22.9. The number of hydrogen-bond donors (Lipinski definition) is 0. The van der Waals surface area contributed by atoms with Crippen LogP contribution in [-0.2, 0) is 0 Å². The highest BCUT2D eigenvalue weighted by Crippen LogP contribution is 2.45. The monoisotopic (exact) mass is 538 g/mol. The molecular weight excluding hydrogens is 519 g/mol. The molecule has 0 aromatic heterocycles. The first-order valence-electron chi connectivity index (χ1n) is 10.9. The van der Waals surface area contributed by atoms with E-state index in [0.29, 0.717) is 15.6 Å². The molecule has 1 aliphatic heterocycles. The fourth-order valence-corrected chi connectivity index (χ4v) is 5.39. The Bertz CT molecular complexity index is 1250. The lowest BCUT2D eigenvalue weighted by Gasteiger charge is -2.30. The van der Waals surface area contributed by atoms with Gasteiger partial charge in [-0.2, -0.15) is 5.10 Å². The van der Waals surface area contributed by atoms with Gasteiger partial charge in [0.05, 0.1) is 17.3 Å². The van der Waals surface area contributed by atoms with Gasteiger partial charge in [-0.1, -0.05) is 59.6 Å². The molecule has 0 spiro atoms. The summed E-state index contributed by atoms with van der Waals surface area (Å²) in [5, 5.41) is 8.01. The molecule has 1 amide bonds. The summed E-state index contributed by atoms with van der Waals surface area (Å²) in [6.45, 7) is 0. The van der Waals surface area contributed by atoms with Crippen molar-refractivity contribution in [2.24, 2.45) is 11.0 Å². The van der Waals surface area contributed by atoms with E-state index in [-0.39, 0.29) is 17.9 Å². The molecule has 1 fully saturated rings. The average molecular weight is 540 g/mol. The molecule has 3 aromatic carbocycles. The smallest absolute Gasteiger partial charge is 0.267 e. The summed E-state index contributed by atoms with van der Waals surface area (Å²) in [7, 11) is 0. The summed E-state index contributed by atoms with van der Waals surface area (Å²) in [5.74, 6) is 0.0140. The second-order valence-electron chi connectivity index (χ2n) is 8.33. The van der Waals surface area contributed by atoms with Crippen LogP contribution in [0.2, 0.25) is 10.0 Å². The fourth-order valence-electron chi connectivity index (χ4n) is 4.68. The van der Waals surface area contributed by atoms with Gasteiger partial charge in [0.15, 0.2) is 0 Å². The standard InChI is InChI=1S/C27H21BrCl2N2O/c28-24-7-2-1-5-22(24)27(33)32-26(18-10-14-21(30)15-11-18)23-6-3-4-19(25(23)31-32)16-17-8-12-20(29)13-9-17/h1-2,5,7-16,23,26H,3-4,6H2/b19-16-/t23-,26-/m0/s1. The van der Waals surface area contributed by atoms with Crippen LogP contribution in [-0.4, -0.2) is 16.6 Å². The largest absolute Gasteiger partial charge is 0.275 e. The first-order valence-corrected chi connectivity index (χ1v) is 12.4. The van der Waals surface area contributed by atoms with Crippen molar-refractivity contribution in [3.63, 3.8) is 0 Å². The van der Waals surface area contributed by atoms with Crippen molar-refractivity contribution in [1.29, 1.82) is 0 Å². The van der Waals surface area contributed by atoms with Gasteiger partial charge in [-0.15, -0.1) is 0 Å². The van der Waals surface area contributed by atoms with Crippen LogP contribution in [0.1, 0.15) is 46.8 Å². The fraction of sp³-hybridized carbons (Fsp3) is 0.185. The summed E-state index contributed by atoms with van der Waals surface area (Å²) < 4.78 is 0.761. The molecule has 1 heterocycles. The number of nitrogens with zero attached hydrogens (tertiary/aromatic N) is 2. The Morgan fingerprint density at radius 1 is 0.970 bits per heavy atom. The van der Waals surface area contributed by atoms with Gasteiger partial charge in [0, 0.05) is 20.4 Å². The highest BCUT2D eigenvalue weighted by atomic mass is 79.9. The summed E-state index contributed by atoms with van der Waals surface area (Å²) in [4.78, 5) is 13.7. The molecule has 0 radical (unpaired) electrons. The predicted molar refractivity (Wildman–Crippen MR) is 139 cm³/mol. The van der Waals surface area contributed by atoms with Gasteiger partial charge in [0.2, 0.25) is 0 Å². The number of rotatable bonds is 3. The van der Waals surface area contributed by atoms with Crippen LogP contribution >= 0.6 is 39.1 Å². The molecule has 1 aliphatic carbocycles. The molecular formula is C27H21BrCl2N2O. The van der Waals surface area contributed by atoms with Crippen LogP contribution in [0, 0.1) is 5.92 Å². The minimum Gasteiger partial charge on any atom is -0.267 e. The van der Waals surface area contributed by atoms with Gasteiger partial charge >= 0.3 is 0 Å². The van der Waals surface area contributed by atoms with Crippen LogP contribution in [0.4, 0.5) is 0 Å². The lowest BCUT2D eigenvalue weighted by atomic mass is 9.77. The quantitative estimate of drug-likeness (QED) is 0.330. The third kappa shape index (κ3) is 4.52. The van der Waals surface area contributed by atoms with E-state index in [1.165, 1.54) is 5.57 Å². The first kappa shape index (κ1) is 22.4. The molecule has 0 N–H and O–H groups in total. The zero-order valence-corrected chi connectivity index (χ0v) is 20.8. The van der Waals surface area contributed by atoms with Crippen molar-refractivity contribution < 1.29 is 4.79 Å². The number of allylic oxidation sites excluding steroid dienone is 1. The lowest BCUT2D eigenvalue weighted by Crippen LogP contribution is -2.32. The highest BCUT2D eigenvalue weighted by Gasteiger charge is 2.44. The van der Waals surface area contributed by atoms with Crippen LogP contribution in [0.5, 0.6) is 0 Å². The summed E-state index contributed by atoms with van der Waals surface area (Å²) in [6, 6.07) is 22.9. The van der Waals surface area contributed by atoms with Crippen molar-refractivity contribution in [3.8, 4) is 0 Å². The second kappa shape index (κ2) is 9.46. The van der Waals surface area contributed by atoms with E-state index < -0.39 is 0 Å². The van der Waals surface area contributed by atoms with Gasteiger partial charge in [-0.05, 0) is 94.4 Å². The number of hydrazone groups is 1. The number of amides is 1. The van der Waals surface area contributed by atoms with E-state index in [9.17, 15) is 4.79 Å². The third-order valence-electron chi connectivity index (χ3n) is 6.24. The molecule has 2 atom stereocenters. The molecule has 1 saturated carbocycles. The Labute approximate surface area is 211 Å². The molecule has 5 rings (SSSR count). The molecule has 166 valence electrons. The maximum Gasteiger partial charge on any atom is 0.275 e.